The van der Waals surface area contributed by atoms with Gasteiger partial charge in [0.15, 0.2) is 0 Å². The quantitative estimate of drug-likeness (QED) is 0.600. The van der Waals surface area contributed by atoms with Crippen LogP contribution in [0.2, 0.25) is 0 Å². The SMILES string of the molecule is CCCS(=O)(=O)Nc1ccc(F)c(C(=O)Nc2cnc3[nH]ccc3c2)c1C. The number of amides is 1. The van der Waals surface area contributed by atoms with Gasteiger partial charge in [-0.25, -0.2) is 17.8 Å². The first kappa shape index (κ1) is 18.8. The molecule has 27 heavy (non-hydrogen) atoms. The molecule has 1 aromatic carbocycles. The fourth-order valence-electron chi connectivity index (χ4n) is 2.76. The molecule has 0 spiro atoms. The van der Waals surface area contributed by atoms with Crippen LogP contribution in [-0.2, 0) is 10.0 Å². The fourth-order valence-corrected chi connectivity index (χ4v) is 3.95. The van der Waals surface area contributed by atoms with Crippen molar-refractivity contribution in [1.29, 1.82) is 0 Å². The van der Waals surface area contributed by atoms with Crippen LogP contribution in [0.3, 0.4) is 0 Å². The Labute approximate surface area is 156 Å². The van der Waals surface area contributed by atoms with E-state index in [1.807, 2.05) is 0 Å². The zero-order valence-electron chi connectivity index (χ0n) is 14.8. The number of aromatic amines is 1. The van der Waals surface area contributed by atoms with Crippen molar-refractivity contribution in [2.75, 3.05) is 15.8 Å². The number of sulfonamides is 1. The molecule has 0 bridgehead atoms. The number of nitrogens with one attached hydrogen (secondary N) is 3. The number of pyridine rings is 1. The summed E-state index contributed by atoms with van der Waals surface area (Å²) in [7, 11) is -3.56. The Bertz CT molecular complexity index is 1110. The van der Waals surface area contributed by atoms with Gasteiger partial charge in [-0.05, 0) is 43.2 Å². The van der Waals surface area contributed by atoms with E-state index in [4.69, 9.17) is 0 Å². The number of hydrogen-bond acceptors (Lipinski definition) is 4. The van der Waals surface area contributed by atoms with Gasteiger partial charge < -0.3 is 10.3 Å². The molecule has 2 heterocycles. The number of H-pyrrole nitrogens is 1. The van der Waals surface area contributed by atoms with Crippen LogP contribution < -0.4 is 10.0 Å². The lowest BCUT2D eigenvalue weighted by atomic mass is 10.1. The van der Waals surface area contributed by atoms with Crippen molar-refractivity contribution in [3.8, 4) is 0 Å². The van der Waals surface area contributed by atoms with E-state index in [1.54, 1.807) is 25.3 Å². The zero-order chi connectivity index (χ0) is 19.6. The summed E-state index contributed by atoms with van der Waals surface area (Å²) < 4.78 is 40.7. The van der Waals surface area contributed by atoms with Crippen LogP contribution in [0.15, 0.2) is 36.7 Å². The molecule has 9 heteroatoms. The third-order valence-corrected chi connectivity index (χ3v) is 5.51. The minimum atomic E-state index is -3.56. The van der Waals surface area contributed by atoms with E-state index >= 15 is 0 Å². The Balaban J connectivity index is 1.90. The smallest absolute Gasteiger partial charge is 0.259 e. The van der Waals surface area contributed by atoms with Crippen molar-refractivity contribution in [3.05, 3.63) is 53.6 Å². The number of aromatic nitrogens is 2. The number of anilines is 2. The Morgan fingerprint density at radius 3 is 2.81 bits per heavy atom. The first-order valence-electron chi connectivity index (χ1n) is 8.35. The van der Waals surface area contributed by atoms with Crippen LogP contribution in [0.1, 0.15) is 29.3 Å². The van der Waals surface area contributed by atoms with Gasteiger partial charge in [0.25, 0.3) is 5.91 Å². The lowest BCUT2D eigenvalue weighted by molar-refractivity contribution is 0.102. The number of hydrogen-bond donors (Lipinski definition) is 3. The van der Waals surface area contributed by atoms with E-state index in [0.29, 0.717) is 17.8 Å². The second kappa shape index (κ2) is 7.36. The van der Waals surface area contributed by atoms with Crippen molar-refractivity contribution in [3.63, 3.8) is 0 Å². The Morgan fingerprint density at radius 1 is 1.30 bits per heavy atom. The molecule has 1 amide bonds. The minimum Gasteiger partial charge on any atom is -0.346 e. The molecule has 3 rings (SSSR count). The molecule has 0 unspecified atom stereocenters. The molecule has 0 saturated carbocycles. The second-order valence-corrected chi connectivity index (χ2v) is 7.95. The molecule has 7 nitrogen and oxygen atoms in total. The highest BCUT2D eigenvalue weighted by atomic mass is 32.2. The summed E-state index contributed by atoms with van der Waals surface area (Å²) in [6.45, 7) is 3.24. The number of fused-ring (bicyclic) bond motifs is 1. The summed E-state index contributed by atoms with van der Waals surface area (Å²) in [4.78, 5) is 19.7. The van der Waals surface area contributed by atoms with Gasteiger partial charge in [0.1, 0.15) is 11.5 Å². The molecule has 0 aliphatic rings. The Kier molecular flexibility index (Phi) is 5.13. The Morgan fingerprint density at radius 2 is 2.07 bits per heavy atom. The summed E-state index contributed by atoms with van der Waals surface area (Å²) in [5.41, 5.74) is 1.24. The van der Waals surface area contributed by atoms with Gasteiger partial charge in [0.2, 0.25) is 10.0 Å². The van der Waals surface area contributed by atoms with E-state index in [0.717, 1.165) is 11.5 Å². The van der Waals surface area contributed by atoms with Crippen LogP contribution in [0, 0.1) is 12.7 Å². The van der Waals surface area contributed by atoms with E-state index in [9.17, 15) is 17.6 Å². The molecule has 0 aliphatic carbocycles. The van der Waals surface area contributed by atoms with Crippen LogP contribution in [0.5, 0.6) is 0 Å². The van der Waals surface area contributed by atoms with E-state index < -0.39 is 21.7 Å². The monoisotopic (exact) mass is 390 g/mol. The van der Waals surface area contributed by atoms with Crippen LogP contribution >= 0.6 is 0 Å². The highest BCUT2D eigenvalue weighted by Gasteiger charge is 2.20. The number of halogens is 1. The van der Waals surface area contributed by atoms with Crippen molar-refractivity contribution in [2.45, 2.75) is 20.3 Å². The predicted octanol–water partition coefficient (Wildman–Crippen LogP) is 3.41. The van der Waals surface area contributed by atoms with Crippen LogP contribution in [0.25, 0.3) is 11.0 Å². The molecule has 0 fully saturated rings. The second-order valence-electron chi connectivity index (χ2n) is 6.11. The van der Waals surface area contributed by atoms with Gasteiger partial charge >= 0.3 is 0 Å². The number of benzene rings is 1. The number of rotatable bonds is 6. The van der Waals surface area contributed by atoms with Gasteiger partial charge in [-0.3, -0.25) is 9.52 Å². The van der Waals surface area contributed by atoms with E-state index in [2.05, 4.69) is 20.0 Å². The average molecular weight is 390 g/mol. The molecule has 3 aromatic rings. The number of nitrogens with zero attached hydrogens (tertiary/aromatic N) is 1. The standard InChI is InChI=1S/C18H19FN4O3S/c1-3-8-27(25,26)23-15-5-4-14(19)16(11(15)2)18(24)22-13-9-12-6-7-20-17(12)21-10-13/h4-7,9-10,23H,3,8H2,1-2H3,(H,20,21)(H,22,24). The van der Waals surface area contributed by atoms with E-state index in [-0.39, 0.29) is 22.6 Å². The Hall–Kier alpha value is -2.94. The molecular weight excluding hydrogens is 371 g/mol. The maximum absolute atomic E-state index is 14.3. The van der Waals surface area contributed by atoms with Gasteiger partial charge in [-0.2, -0.15) is 0 Å². The van der Waals surface area contributed by atoms with Crippen LogP contribution in [0.4, 0.5) is 15.8 Å². The van der Waals surface area contributed by atoms with E-state index in [1.165, 1.54) is 19.2 Å². The molecule has 0 saturated heterocycles. The van der Waals surface area contributed by atoms with Crippen LogP contribution in [-0.4, -0.2) is 30.0 Å². The molecular formula is C18H19FN4O3S. The molecule has 3 N–H and O–H groups in total. The topological polar surface area (TPSA) is 104 Å². The summed E-state index contributed by atoms with van der Waals surface area (Å²) in [6.07, 6.45) is 3.62. The summed E-state index contributed by atoms with van der Waals surface area (Å²) in [5.74, 6) is -1.48. The summed E-state index contributed by atoms with van der Waals surface area (Å²) >= 11 is 0. The third-order valence-electron chi connectivity index (χ3n) is 4.04. The van der Waals surface area contributed by atoms with Crippen molar-refractivity contribution >= 4 is 38.3 Å². The highest BCUT2D eigenvalue weighted by molar-refractivity contribution is 7.92. The zero-order valence-corrected chi connectivity index (χ0v) is 15.7. The number of carbonyl (C=O) groups excluding carboxylic acids is 1. The first-order valence-corrected chi connectivity index (χ1v) is 10.00. The molecule has 0 radical (unpaired) electrons. The maximum atomic E-state index is 14.3. The third kappa shape index (κ3) is 4.08. The van der Waals surface area contributed by atoms with Crippen molar-refractivity contribution in [2.24, 2.45) is 0 Å². The minimum absolute atomic E-state index is 0.0618. The highest BCUT2D eigenvalue weighted by Crippen LogP contribution is 2.25. The average Bonchev–Trinajstić information content (AvgIpc) is 3.05. The predicted molar refractivity (Wildman–Crippen MR) is 103 cm³/mol. The fraction of sp³-hybridized carbons (Fsp3) is 0.222. The van der Waals surface area contributed by atoms with Crippen molar-refractivity contribution in [1.82, 2.24) is 9.97 Å². The lowest BCUT2D eigenvalue weighted by Gasteiger charge is -2.14. The molecule has 142 valence electrons. The van der Waals surface area contributed by atoms with Gasteiger partial charge in [-0.15, -0.1) is 0 Å². The van der Waals surface area contributed by atoms with Gasteiger partial charge in [-0.1, -0.05) is 6.92 Å². The normalized spacial score (nSPS) is 11.5. The maximum Gasteiger partial charge on any atom is 0.259 e. The largest absolute Gasteiger partial charge is 0.346 e. The van der Waals surface area contributed by atoms with Crippen molar-refractivity contribution < 1.29 is 17.6 Å². The number of carbonyl (C=O) groups is 1. The molecule has 0 atom stereocenters. The molecule has 0 aliphatic heterocycles. The summed E-state index contributed by atoms with van der Waals surface area (Å²) in [5, 5.41) is 3.40. The van der Waals surface area contributed by atoms with Gasteiger partial charge in [0.05, 0.1) is 28.9 Å². The first-order chi connectivity index (χ1) is 12.8. The van der Waals surface area contributed by atoms with Gasteiger partial charge in [0, 0.05) is 11.6 Å². The summed E-state index contributed by atoms with van der Waals surface area (Å²) in [6, 6.07) is 5.88. The molecule has 2 aromatic heterocycles. The lowest BCUT2D eigenvalue weighted by Crippen LogP contribution is -2.20.